The van der Waals surface area contributed by atoms with Crippen molar-refractivity contribution >= 4 is 17.3 Å². The summed E-state index contributed by atoms with van der Waals surface area (Å²) in [6, 6.07) is 7.49. The molecule has 2 aromatic rings. The molecular formula is C18H21NO2S. The average molecular weight is 315 g/mol. The maximum Gasteiger partial charge on any atom is 0.335 e. The zero-order valence-electron chi connectivity index (χ0n) is 13.0. The minimum absolute atomic E-state index is 0.333. The maximum atomic E-state index is 11.6. The summed E-state index contributed by atoms with van der Waals surface area (Å²) in [7, 11) is 0. The molecule has 3 nitrogen and oxygen atoms in total. The van der Waals surface area contributed by atoms with Crippen molar-refractivity contribution in [3.05, 3.63) is 47.5 Å². The minimum atomic E-state index is -0.333. The van der Waals surface area contributed by atoms with Gasteiger partial charge in [0.15, 0.2) is 0 Å². The van der Waals surface area contributed by atoms with Crippen molar-refractivity contribution in [2.24, 2.45) is 0 Å². The number of thiazole rings is 1. The summed E-state index contributed by atoms with van der Waals surface area (Å²) in [5, 5.41) is 1.00. The molecule has 0 N–H and O–H groups in total. The van der Waals surface area contributed by atoms with Gasteiger partial charge in [-0.3, -0.25) is 0 Å². The number of nitrogens with zero attached hydrogens (tertiary/aromatic N) is 1. The van der Waals surface area contributed by atoms with Gasteiger partial charge in [0, 0.05) is 22.7 Å². The molecule has 0 amide bonds. The van der Waals surface area contributed by atoms with E-state index in [1.807, 2.05) is 36.5 Å². The second-order valence-electron chi connectivity index (χ2n) is 5.02. The average Bonchev–Trinajstić information content (AvgIpc) is 2.97. The smallest absolute Gasteiger partial charge is 0.335 e. The molecule has 0 saturated carbocycles. The van der Waals surface area contributed by atoms with E-state index in [2.05, 4.69) is 18.8 Å². The van der Waals surface area contributed by atoms with Crippen LogP contribution in [-0.4, -0.2) is 11.0 Å². The van der Waals surface area contributed by atoms with Gasteiger partial charge in [-0.15, -0.1) is 11.3 Å². The van der Waals surface area contributed by atoms with Crippen molar-refractivity contribution in [1.82, 2.24) is 4.98 Å². The third-order valence-corrected chi connectivity index (χ3v) is 4.19. The Balaban J connectivity index is 1.98. The Hall–Kier alpha value is -1.94. The van der Waals surface area contributed by atoms with E-state index < -0.39 is 0 Å². The molecule has 4 heteroatoms. The molecule has 0 aliphatic carbocycles. The van der Waals surface area contributed by atoms with Gasteiger partial charge in [0.2, 0.25) is 0 Å². The Kier molecular flexibility index (Phi) is 6.34. The van der Waals surface area contributed by atoms with Crippen LogP contribution in [0.25, 0.3) is 10.6 Å². The van der Waals surface area contributed by atoms with E-state index in [-0.39, 0.29) is 5.97 Å². The number of carbonyl (C=O) groups excluding carboxylic acids is 1. The summed E-state index contributed by atoms with van der Waals surface area (Å²) in [5.74, 6) is 0.223. The molecule has 1 aromatic heterocycles. The maximum absolute atomic E-state index is 11.6. The lowest BCUT2D eigenvalue weighted by Gasteiger charge is -2.02. The summed E-state index contributed by atoms with van der Waals surface area (Å²) in [6.45, 7) is 4.23. The number of unbranched alkanes of at least 4 members (excludes halogenated alkanes) is 1. The molecule has 0 unspecified atom stereocenters. The first kappa shape index (κ1) is 16.4. The number of esters is 1. The Morgan fingerprint density at radius 2 is 2.00 bits per heavy atom. The van der Waals surface area contributed by atoms with Crippen molar-refractivity contribution in [3.8, 4) is 16.3 Å². The van der Waals surface area contributed by atoms with Crippen LogP contribution in [0.2, 0.25) is 0 Å². The van der Waals surface area contributed by atoms with Crippen molar-refractivity contribution in [2.45, 2.75) is 39.5 Å². The number of aromatic nitrogens is 1. The number of ether oxygens (including phenoxy) is 1. The number of rotatable bonds is 7. The van der Waals surface area contributed by atoms with Crippen molar-refractivity contribution in [3.63, 3.8) is 0 Å². The zero-order chi connectivity index (χ0) is 15.8. The van der Waals surface area contributed by atoms with Crippen LogP contribution in [0.4, 0.5) is 0 Å². The van der Waals surface area contributed by atoms with Crippen LogP contribution < -0.4 is 4.74 Å². The van der Waals surface area contributed by atoms with E-state index in [1.54, 1.807) is 11.3 Å². The fourth-order valence-corrected chi connectivity index (χ4v) is 2.98. The predicted molar refractivity (Wildman–Crippen MR) is 91.2 cm³/mol. The normalized spacial score (nSPS) is 11.0. The molecule has 22 heavy (non-hydrogen) atoms. The summed E-state index contributed by atoms with van der Waals surface area (Å²) in [6.07, 6.45) is 9.36. The summed E-state index contributed by atoms with van der Waals surface area (Å²) >= 11 is 1.71. The zero-order valence-corrected chi connectivity index (χ0v) is 13.9. The summed E-state index contributed by atoms with van der Waals surface area (Å²) in [5.41, 5.74) is 1.05. The highest BCUT2D eigenvalue weighted by Gasteiger charge is 2.06. The van der Waals surface area contributed by atoms with E-state index in [0.717, 1.165) is 36.3 Å². The SMILES string of the molecule is CCCC=CC(=O)Oc1ccc(-c2ncc(CCC)s2)cc1. The standard InChI is InChI=1S/C18H21NO2S/c1-3-5-6-8-17(20)21-15-11-9-14(10-12-15)18-19-13-16(22-18)7-4-2/h6,8-13H,3-5,7H2,1-2H3. The van der Waals surface area contributed by atoms with Gasteiger partial charge in [0.05, 0.1) is 0 Å². The number of carbonyl (C=O) groups is 1. The van der Waals surface area contributed by atoms with Crippen molar-refractivity contribution in [2.75, 3.05) is 0 Å². The Labute approximate surface area is 135 Å². The van der Waals surface area contributed by atoms with Crippen LogP contribution >= 0.6 is 11.3 Å². The lowest BCUT2D eigenvalue weighted by molar-refractivity contribution is -0.129. The van der Waals surface area contributed by atoms with Gasteiger partial charge in [-0.25, -0.2) is 9.78 Å². The van der Waals surface area contributed by atoms with E-state index in [1.165, 1.54) is 11.0 Å². The van der Waals surface area contributed by atoms with Crippen LogP contribution in [0, 0.1) is 0 Å². The monoisotopic (exact) mass is 315 g/mol. The fraction of sp³-hybridized carbons (Fsp3) is 0.333. The highest BCUT2D eigenvalue weighted by atomic mass is 32.1. The summed E-state index contributed by atoms with van der Waals surface area (Å²) < 4.78 is 5.25. The molecule has 0 bridgehead atoms. The molecular weight excluding hydrogens is 294 g/mol. The molecule has 1 aromatic carbocycles. The topological polar surface area (TPSA) is 39.2 Å². The minimum Gasteiger partial charge on any atom is -0.423 e. The molecule has 0 spiro atoms. The molecule has 0 saturated heterocycles. The third-order valence-electron chi connectivity index (χ3n) is 3.08. The Bertz CT molecular complexity index is 629. The molecule has 0 atom stereocenters. The van der Waals surface area contributed by atoms with Crippen LogP contribution in [0.3, 0.4) is 0 Å². The van der Waals surface area contributed by atoms with Gasteiger partial charge < -0.3 is 4.74 Å². The van der Waals surface area contributed by atoms with Gasteiger partial charge in [-0.2, -0.15) is 0 Å². The van der Waals surface area contributed by atoms with Gasteiger partial charge >= 0.3 is 5.97 Å². The van der Waals surface area contributed by atoms with E-state index in [0.29, 0.717) is 5.75 Å². The predicted octanol–water partition coefficient (Wildman–Crippen LogP) is 5.02. The number of hydrogen-bond acceptors (Lipinski definition) is 4. The van der Waals surface area contributed by atoms with Crippen LogP contribution in [0.5, 0.6) is 5.75 Å². The lowest BCUT2D eigenvalue weighted by Crippen LogP contribution is -2.03. The van der Waals surface area contributed by atoms with Crippen molar-refractivity contribution < 1.29 is 9.53 Å². The fourth-order valence-electron chi connectivity index (χ4n) is 1.96. The van der Waals surface area contributed by atoms with Crippen molar-refractivity contribution in [1.29, 1.82) is 0 Å². The molecule has 0 fully saturated rings. The highest BCUT2D eigenvalue weighted by Crippen LogP contribution is 2.27. The summed E-state index contributed by atoms with van der Waals surface area (Å²) in [4.78, 5) is 17.3. The van der Waals surface area contributed by atoms with Gasteiger partial charge in [0.25, 0.3) is 0 Å². The van der Waals surface area contributed by atoms with E-state index in [9.17, 15) is 4.79 Å². The van der Waals surface area contributed by atoms with E-state index >= 15 is 0 Å². The van der Waals surface area contributed by atoms with E-state index in [4.69, 9.17) is 4.74 Å². The van der Waals surface area contributed by atoms with Crippen LogP contribution in [-0.2, 0) is 11.2 Å². The number of aryl methyl sites for hydroxylation is 1. The number of benzene rings is 1. The molecule has 1 heterocycles. The molecule has 0 aliphatic heterocycles. The van der Waals surface area contributed by atoms with Gasteiger partial charge in [0.1, 0.15) is 10.8 Å². The third kappa shape index (κ3) is 4.81. The molecule has 0 aliphatic rings. The largest absolute Gasteiger partial charge is 0.423 e. The van der Waals surface area contributed by atoms with Gasteiger partial charge in [-0.05, 0) is 37.1 Å². The number of hydrogen-bond donors (Lipinski definition) is 0. The van der Waals surface area contributed by atoms with Crippen LogP contribution in [0.15, 0.2) is 42.6 Å². The lowest BCUT2D eigenvalue weighted by atomic mass is 10.2. The molecule has 2 rings (SSSR count). The molecule has 0 radical (unpaired) electrons. The Morgan fingerprint density at radius 1 is 1.23 bits per heavy atom. The van der Waals surface area contributed by atoms with Crippen LogP contribution in [0.1, 0.15) is 38.0 Å². The Morgan fingerprint density at radius 3 is 2.68 bits per heavy atom. The van der Waals surface area contributed by atoms with Gasteiger partial charge in [-0.1, -0.05) is 32.8 Å². The first-order valence-electron chi connectivity index (χ1n) is 7.66. The second-order valence-corrected chi connectivity index (χ2v) is 6.13. The molecule has 116 valence electrons. The highest BCUT2D eigenvalue weighted by molar-refractivity contribution is 7.15. The number of allylic oxidation sites excluding steroid dienone is 1. The quantitative estimate of drug-likeness (QED) is 0.409. The first-order valence-corrected chi connectivity index (χ1v) is 8.48. The second kappa shape index (κ2) is 8.49. The first-order chi connectivity index (χ1) is 10.7.